The molecule has 0 bridgehead atoms. The second-order valence-corrected chi connectivity index (χ2v) is 5.78. The average molecular weight is 340 g/mol. The third-order valence-corrected chi connectivity index (χ3v) is 3.82. The highest BCUT2D eigenvalue weighted by Gasteiger charge is 2.27. The molecule has 19 heavy (non-hydrogen) atoms. The van der Waals surface area contributed by atoms with Gasteiger partial charge >= 0.3 is 0 Å². The molecule has 0 unspecified atom stereocenters. The third kappa shape index (κ3) is 2.74. The van der Waals surface area contributed by atoms with Gasteiger partial charge in [0.1, 0.15) is 16.2 Å². The molecule has 0 N–H and O–H groups in total. The maximum Gasteiger partial charge on any atom is 0.138 e. The molecule has 1 aliphatic carbocycles. The summed E-state index contributed by atoms with van der Waals surface area (Å²) in [4.78, 5) is 9.06. The van der Waals surface area contributed by atoms with Crippen LogP contribution in [0.15, 0.2) is 28.9 Å². The number of benzene rings is 1. The molecule has 1 aromatic heterocycles. The zero-order chi connectivity index (χ0) is 13.4. The van der Waals surface area contributed by atoms with E-state index in [1.165, 1.54) is 12.8 Å². The molecule has 0 radical (unpaired) electrons. The Kier molecular flexibility index (Phi) is 3.46. The number of nitrogens with zero attached hydrogens (tertiary/aromatic N) is 2. The first-order chi connectivity index (χ1) is 9.17. The Labute approximate surface area is 125 Å². The Hall–Kier alpha value is -1.13. The molecule has 3 rings (SSSR count). The molecule has 5 heteroatoms. The van der Waals surface area contributed by atoms with Crippen molar-refractivity contribution in [2.75, 3.05) is 7.11 Å². The summed E-state index contributed by atoms with van der Waals surface area (Å²) in [6.45, 7) is 0. The van der Waals surface area contributed by atoms with Gasteiger partial charge in [0, 0.05) is 11.5 Å². The molecule has 0 saturated heterocycles. The van der Waals surface area contributed by atoms with E-state index < -0.39 is 0 Å². The van der Waals surface area contributed by atoms with Gasteiger partial charge in [-0.25, -0.2) is 9.97 Å². The van der Waals surface area contributed by atoms with Crippen molar-refractivity contribution in [3.63, 3.8) is 0 Å². The quantitative estimate of drug-likeness (QED) is 0.775. The summed E-state index contributed by atoms with van der Waals surface area (Å²) in [5.74, 6) is 2.09. The molecule has 0 aliphatic heterocycles. The van der Waals surface area contributed by atoms with Gasteiger partial charge in [0.15, 0.2) is 0 Å². The number of aromatic nitrogens is 2. The van der Waals surface area contributed by atoms with E-state index in [1.807, 2.05) is 24.3 Å². The lowest BCUT2D eigenvalue weighted by Crippen LogP contribution is -1.96. The molecule has 0 atom stereocenters. The van der Waals surface area contributed by atoms with Crippen LogP contribution in [0.1, 0.15) is 24.6 Å². The number of hydrogen-bond acceptors (Lipinski definition) is 3. The van der Waals surface area contributed by atoms with Gasteiger partial charge in [0.2, 0.25) is 0 Å². The van der Waals surface area contributed by atoms with Gasteiger partial charge in [0.05, 0.1) is 17.8 Å². The first kappa shape index (κ1) is 12.9. The van der Waals surface area contributed by atoms with Crippen LogP contribution in [0.4, 0.5) is 0 Å². The van der Waals surface area contributed by atoms with Crippen LogP contribution in [0.2, 0.25) is 5.02 Å². The van der Waals surface area contributed by atoms with Crippen LogP contribution in [0.25, 0.3) is 11.3 Å². The molecule has 1 heterocycles. The Bertz CT molecular complexity index is 629. The Morgan fingerprint density at radius 1 is 1.26 bits per heavy atom. The van der Waals surface area contributed by atoms with E-state index in [9.17, 15) is 0 Å². The highest BCUT2D eigenvalue weighted by atomic mass is 79.9. The lowest BCUT2D eigenvalue weighted by atomic mass is 10.1. The smallest absolute Gasteiger partial charge is 0.138 e. The Balaban J connectivity index is 2.05. The van der Waals surface area contributed by atoms with E-state index in [4.69, 9.17) is 16.3 Å². The lowest BCUT2D eigenvalue weighted by Gasteiger charge is -2.08. The number of methoxy groups -OCH3 is 1. The van der Waals surface area contributed by atoms with Crippen molar-refractivity contribution in [3.05, 3.63) is 39.7 Å². The first-order valence-electron chi connectivity index (χ1n) is 6.06. The topological polar surface area (TPSA) is 35.0 Å². The van der Waals surface area contributed by atoms with Gasteiger partial charge in [-0.15, -0.1) is 0 Å². The molecule has 0 spiro atoms. The van der Waals surface area contributed by atoms with Gasteiger partial charge in [-0.1, -0.05) is 17.7 Å². The molecule has 0 amide bonds. The minimum absolute atomic E-state index is 0.519. The monoisotopic (exact) mass is 338 g/mol. The summed E-state index contributed by atoms with van der Waals surface area (Å²) in [6.07, 6.45) is 2.36. The van der Waals surface area contributed by atoms with E-state index in [2.05, 4.69) is 25.9 Å². The number of halogens is 2. The van der Waals surface area contributed by atoms with E-state index in [0.717, 1.165) is 21.7 Å². The van der Waals surface area contributed by atoms with E-state index in [0.29, 0.717) is 16.7 Å². The van der Waals surface area contributed by atoms with Crippen LogP contribution in [0.5, 0.6) is 5.75 Å². The van der Waals surface area contributed by atoms with Gasteiger partial charge < -0.3 is 4.74 Å². The van der Waals surface area contributed by atoms with Crippen molar-refractivity contribution in [3.8, 4) is 17.0 Å². The number of hydrogen-bond donors (Lipinski definition) is 0. The molecule has 3 nitrogen and oxygen atoms in total. The molecule has 1 saturated carbocycles. The first-order valence-corrected chi connectivity index (χ1v) is 7.23. The van der Waals surface area contributed by atoms with Crippen molar-refractivity contribution in [2.45, 2.75) is 18.8 Å². The van der Waals surface area contributed by atoms with Gasteiger partial charge in [-0.3, -0.25) is 0 Å². The van der Waals surface area contributed by atoms with Gasteiger partial charge in [-0.05, 0) is 47.0 Å². The highest BCUT2D eigenvalue weighted by molar-refractivity contribution is 9.10. The molecule has 1 aliphatic rings. The fourth-order valence-electron chi connectivity index (χ4n) is 1.93. The standard InChI is InChI=1S/C14H12BrClN2O/c1-19-12-6-9(4-5-10(12)16)11-7-13(15)18-14(17-11)8-2-3-8/h4-8H,2-3H2,1H3. The second-order valence-electron chi connectivity index (χ2n) is 4.56. The molecular weight excluding hydrogens is 328 g/mol. The van der Waals surface area contributed by atoms with Crippen LogP contribution in [-0.4, -0.2) is 17.1 Å². The summed E-state index contributed by atoms with van der Waals surface area (Å²) in [7, 11) is 1.61. The molecule has 2 aromatic rings. The van der Waals surface area contributed by atoms with Gasteiger partial charge in [-0.2, -0.15) is 0 Å². The predicted octanol–water partition coefficient (Wildman–Crippen LogP) is 4.45. The summed E-state index contributed by atoms with van der Waals surface area (Å²) < 4.78 is 6.05. The minimum Gasteiger partial charge on any atom is -0.495 e. The van der Waals surface area contributed by atoms with Crippen molar-refractivity contribution in [1.82, 2.24) is 9.97 Å². The highest BCUT2D eigenvalue weighted by Crippen LogP contribution is 2.39. The number of rotatable bonds is 3. The zero-order valence-electron chi connectivity index (χ0n) is 10.4. The Morgan fingerprint density at radius 3 is 2.74 bits per heavy atom. The van der Waals surface area contributed by atoms with Crippen molar-refractivity contribution >= 4 is 27.5 Å². The fraction of sp³-hybridized carbons (Fsp3) is 0.286. The largest absolute Gasteiger partial charge is 0.495 e. The summed E-state index contributed by atoms with van der Waals surface area (Å²) in [5.41, 5.74) is 1.87. The van der Waals surface area contributed by atoms with E-state index >= 15 is 0 Å². The minimum atomic E-state index is 0.519. The van der Waals surface area contributed by atoms with Crippen LogP contribution in [-0.2, 0) is 0 Å². The molecule has 1 fully saturated rings. The molecular formula is C14H12BrClN2O. The SMILES string of the molecule is COc1cc(-c2cc(Br)nc(C3CC3)n2)ccc1Cl. The normalized spacial score (nSPS) is 14.5. The fourth-order valence-corrected chi connectivity index (χ4v) is 2.52. The van der Waals surface area contributed by atoms with Crippen LogP contribution in [0.3, 0.4) is 0 Å². The van der Waals surface area contributed by atoms with Crippen molar-refractivity contribution < 1.29 is 4.74 Å². The van der Waals surface area contributed by atoms with E-state index in [1.54, 1.807) is 7.11 Å². The summed E-state index contributed by atoms with van der Waals surface area (Å²) in [5, 5.41) is 0.599. The van der Waals surface area contributed by atoms with Crippen LogP contribution >= 0.6 is 27.5 Å². The van der Waals surface area contributed by atoms with Crippen LogP contribution in [0, 0.1) is 0 Å². The zero-order valence-corrected chi connectivity index (χ0v) is 12.7. The molecule has 98 valence electrons. The van der Waals surface area contributed by atoms with Gasteiger partial charge in [0.25, 0.3) is 0 Å². The number of ether oxygens (including phenoxy) is 1. The summed E-state index contributed by atoms with van der Waals surface area (Å²) in [6, 6.07) is 7.57. The third-order valence-electron chi connectivity index (χ3n) is 3.10. The van der Waals surface area contributed by atoms with Crippen molar-refractivity contribution in [2.24, 2.45) is 0 Å². The summed E-state index contributed by atoms with van der Waals surface area (Å²) >= 11 is 9.49. The van der Waals surface area contributed by atoms with Crippen LogP contribution < -0.4 is 4.74 Å². The predicted molar refractivity (Wildman–Crippen MR) is 78.7 cm³/mol. The maximum absolute atomic E-state index is 6.04. The second kappa shape index (κ2) is 5.10. The maximum atomic E-state index is 6.04. The van der Waals surface area contributed by atoms with Crippen molar-refractivity contribution in [1.29, 1.82) is 0 Å². The average Bonchev–Trinajstić information content (AvgIpc) is 3.23. The lowest BCUT2D eigenvalue weighted by molar-refractivity contribution is 0.415. The van der Waals surface area contributed by atoms with E-state index in [-0.39, 0.29) is 0 Å². The Morgan fingerprint density at radius 2 is 2.05 bits per heavy atom. The molecule has 1 aromatic carbocycles.